The lowest BCUT2D eigenvalue weighted by molar-refractivity contribution is -0.385. The fraction of sp³-hybridized carbons (Fsp3) is 0.111. The van der Waals surface area contributed by atoms with Gasteiger partial charge in [-0.3, -0.25) is 10.1 Å². The summed E-state index contributed by atoms with van der Waals surface area (Å²) in [6.07, 6.45) is 3.10. The summed E-state index contributed by atoms with van der Waals surface area (Å²) in [6.45, 7) is 0. The normalized spacial score (nSPS) is 10.2. The number of hydrogen-bond donors (Lipinski definition) is 0. The van der Waals surface area contributed by atoms with E-state index in [-0.39, 0.29) is 17.4 Å². The fourth-order valence-electron chi connectivity index (χ4n) is 1.27. The van der Waals surface area contributed by atoms with Crippen molar-refractivity contribution in [2.24, 2.45) is 0 Å². The molecule has 0 atom stereocenters. The number of aromatic nitrogens is 3. The van der Waals surface area contributed by atoms with Gasteiger partial charge in [-0.15, -0.1) is 0 Å². The number of rotatable bonds is 3. The lowest BCUT2D eigenvalue weighted by Gasteiger charge is -2.04. The average molecular weight is 299 g/mol. The van der Waals surface area contributed by atoms with Crippen molar-refractivity contribution in [2.45, 2.75) is 0 Å². The second-order valence-corrected chi connectivity index (χ2v) is 3.97. The van der Waals surface area contributed by atoms with Crippen LogP contribution >= 0.6 is 15.9 Å². The first-order valence-electron chi connectivity index (χ1n) is 4.52. The molecule has 0 aliphatic carbocycles. The summed E-state index contributed by atoms with van der Waals surface area (Å²) in [5.74, 6) is 0.400. The first-order valence-corrected chi connectivity index (χ1v) is 5.31. The fourth-order valence-corrected chi connectivity index (χ4v) is 1.55. The van der Waals surface area contributed by atoms with Crippen molar-refractivity contribution in [3.8, 4) is 11.7 Å². The molecule has 2 aromatic rings. The minimum Gasteiger partial charge on any atom is -0.481 e. The number of halogens is 1. The van der Waals surface area contributed by atoms with Gasteiger partial charge in [-0.1, -0.05) is 0 Å². The number of methoxy groups -OCH3 is 1. The Balaban J connectivity index is 2.60. The molecule has 0 aromatic carbocycles. The molecule has 0 aliphatic rings. The molecule has 0 amide bonds. The van der Waals surface area contributed by atoms with E-state index in [1.165, 1.54) is 30.1 Å². The van der Waals surface area contributed by atoms with Gasteiger partial charge < -0.3 is 4.74 Å². The molecule has 8 heteroatoms. The summed E-state index contributed by atoms with van der Waals surface area (Å²) in [6, 6.07) is 2.76. The van der Waals surface area contributed by atoms with Gasteiger partial charge in [0.1, 0.15) is 0 Å². The maximum Gasteiger partial charge on any atom is 0.314 e. The zero-order valence-electron chi connectivity index (χ0n) is 8.70. The van der Waals surface area contributed by atoms with Crippen LogP contribution in [0, 0.1) is 10.1 Å². The van der Waals surface area contributed by atoms with E-state index in [4.69, 9.17) is 4.74 Å². The molecule has 0 radical (unpaired) electrons. The van der Waals surface area contributed by atoms with Gasteiger partial charge in [-0.25, -0.2) is 4.68 Å². The molecular formula is C9H7BrN4O3. The van der Waals surface area contributed by atoms with Crippen LogP contribution in [0.1, 0.15) is 0 Å². The van der Waals surface area contributed by atoms with Crippen LogP contribution in [0.2, 0.25) is 0 Å². The summed E-state index contributed by atoms with van der Waals surface area (Å²) in [5.41, 5.74) is -0.138. The topological polar surface area (TPSA) is 83.1 Å². The van der Waals surface area contributed by atoms with Crippen LogP contribution < -0.4 is 4.74 Å². The first-order chi connectivity index (χ1) is 8.11. The third-order valence-electron chi connectivity index (χ3n) is 2.00. The standard InChI is InChI=1S/C9H7BrN4O3/c1-17-8-3-2-7(14(15)16)9(12-8)13-5-6(10)4-11-13/h2-5H,1H3. The number of ether oxygens (including phenoxy) is 1. The molecule has 0 bridgehead atoms. The lowest BCUT2D eigenvalue weighted by atomic mass is 10.4. The predicted molar refractivity (Wildman–Crippen MR) is 62.3 cm³/mol. The minimum absolute atomic E-state index is 0.111. The van der Waals surface area contributed by atoms with Gasteiger partial charge in [0.2, 0.25) is 11.7 Å². The lowest BCUT2D eigenvalue weighted by Crippen LogP contribution is -2.04. The minimum atomic E-state index is -0.517. The molecule has 88 valence electrons. The molecule has 0 saturated heterocycles. The smallest absolute Gasteiger partial charge is 0.314 e. The molecule has 0 N–H and O–H groups in total. The van der Waals surface area contributed by atoms with E-state index in [9.17, 15) is 10.1 Å². The van der Waals surface area contributed by atoms with Crippen LogP contribution in [0.5, 0.6) is 5.88 Å². The van der Waals surface area contributed by atoms with E-state index in [0.717, 1.165) is 0 Å². The highest BCUT2D eigenvalue weighted by Gasteiger charge is 2.18. The van der Waals surface area contributed by atoms with E-state index >= 15 is 0 Å². The maximum atomic E-state index is 10.9. The molecule has 2 heterocycles. The van der Waals surface area contributed by atoms with Crippen LogP contribution in [-0.4, -0.2) is 26.8 Å². The Morgan fingerprint density at radius 2 is 2.29 bits per heavy atom. The molecule has 0 saturated carbocycles. The Hall–Kier alpha value is -1.96. The number of nitro groups is 1. The van der Waals surface area contributed by atoms with Gasteiger partial charge >= 0.3 is 5.69 Å². The van der Waals surface area contributed by atoms with E-state index in [0.29, 0.717) is 4.47 Å². The van der Waals surface area contributed by atoms with Gasteiger partial charge in [0.25, 0.3) is 0 Å². The van der Waals surface area contributed by atoms with Crippen molar-refractivity contribution in [2.75, 3.05) is 7.11 Å². The molecule has 0 fully saturated rings. The van der Waals surface area contributed by atoms with Crippen LogP contribution in [0.15, 0.2) is 29.0 Å². The third-order valence-corrected chi connectivity index (χ3v) is 2.41. The van der Waals surface area contributed by atoms with Crippen molar-refractivity contribution >= 4 is 21.6 Å². The van der Waals surface area contributed by atoms with Gasteiger partial charge in [0.15, 0.2) is 0 Å². The molecule has 2 aromatic heterocycles. The van der Waals surface area contributed by atoms with Crippen molar-refractivity contribution in [3.05, 3.63) is 39.1 Å². The monoisotopic (exact) mass is 298 g/mol. The van der Waals surface area contributed by atoms with Gasteiger partial charge in [0, 0.05) is 18.3 Å². The van der Waals surface area contributed by atoms with Crippen LogP contribution in [0.3, 0.4) is 0 Å². The highest BCUT2D eigenvalue weighted by molar-refractivity contribution is 9.10. The Kier molecular flexibility index (Phi) is 3.05. The first kappa shape index (κ1) is 11.5. The third kappa shape index (κ3) is 2.26. The number of hydrogen-bond acceptors (Lipinski definition) is 5. The summed E-state index contributed by atoms with van der Waals surface area (Å²) >= 11 is 3.21. The Labute approximate surface area is 104 Å². The molecular weight excluding hydrogens is 292 g/mol. The molecule has 7 nitrogen and oxygen atoms in total. The van der Waals surface area contributed by atoms with Crippen molar-refractivity contribution in [1.82, 2.24) is 14.8 Å². The second kappa shape index (κ2) is 4.50. The van der Waals surface area contributed by atoms with Gasteiger partial charge in [-0.05, 0) is 15.9 Å². The molecule has 0 unspecified atom stereocenters. The van der Waals surface area contributed by atoms with Crippen LogP contribution in [0.4, 0.5) is 5.69 Å². The Bertz CT molecular complexity index is 569. The van der Waals surface area contributed by atoms with Crippen LogP contribution in [0.25, 0.3) is 5.82 Å². The highest BCUT2D eigenvalue weighted by atomic mass is 79.9. The average Bonchev–Trinajstić information content (AvgIpc) is 2.75. The Morgan fingerprint density at radius 1 is 1.53 bits per heavy atom. The SMILES string of the molecule is COc1ccc([N+](=O)[O-])c(-n2cc(Br)cn2)n1. The number of nitrogens with zero attached hydrogens (tertiary/aromatic N) is 4. The van der Waals surface area contributed by atoms with Crippen molar-refractivity contribution < 1.29 is 9.66 Å². The van der Waals surface area contributed by atoms with Crippen molar-refractivity contribution in [3.63, 3.8) is 0 Å². The molecule has 0 spiro atoms. The molecule has 17 heavy (non-hydrogen) atoms. The zero-order chi connectivity index (χ0) is 12.4. The van der Waals surface area contributed by atoms with Crippen LogP contribution in [-0.2, 0) is 0 Å². The highest BCUT2D eigenvalue weighted by Crippen LogP contribution is 2.24. The molecule has 2 rings (SSSR count). The Morgan fingerprint density at radius 3 is 2.82 bits per heavy atom. The van der Waals surface area contributed by atoms with Gasteiger partial charge in [0.05, 0.1) is 22.7 Å². The van der Waals surface area contributed by atoms with E-state index in [1.807, 2.05) is 0 Å². The van der Waals surface area contributed by atoms with E-state index in [1.54, 1.807) is 6.20 Å². The summed E-state index contributed by atoms with van der Waals surface area (Å²) in [7, 11) is 1.44. The summed E-state index contributed by atoms with van der Waals surface area (Å²) in [4.78, 5) is 14.4. The van der Waals surface area contributed by atoms with Gasteiger partial charge in [-0.2, -0.15) is 10.1 Å². The quantitative estimate of drug-likeness (QED) is 0.639. The zero-order valence-corrected chi connectivity index (χ0v) is 10.3. The summed E-state index contributed by atoms with van der Waals surface area (Å²) in [5, 5.41) is 14.8. The molecule has 0 aliphatic heterocycles. The number of pyridine rings is 1. The predicted octanol–water partition coefficient (Wildman–Crippen LogP) is 1.95. The summed E-state index contributed by atoms with van der Waals surface area (Å²) < 4.78 is 6.95. The maximum absolute atomic E-state index is 10.9. The van der Waals surface area contributed by atoms with E-state index in [2.05, 4.69) is 26.0 Å². The van der Waals surface area contributed by atoms with E-state index < -0.39 is 4.92 Å². The largest absolute Gasteiger partial charge is 0.481 e. The second-order valence-electron chi connectivity index (χ2n) is 3.06. The van der Waals surface area contributed by atoms with Crippen molar-refractivity contribution in [1.29, 1.82) is 0 Å².